The molecule has 7 nitrogen and oxygen atoms in total. The first-order valence-electron chi connectivity index (χ1n) is 11.2. The van der Waals surface area contributed by atoms with Crippen LogP contribution in [0.3, 0.4) is 0 Å². The van der Waals surface area contributed by atoms with Gasteiger partial charge in [0.2, 0.25) is 5.91 Å². The van der Waals surface area contributed by atoms with Crippen molar-refractivity contribution < 1.29 is 4.79 Å². The van der Waals surface area contributed by atoms with Crippen molar-refractivity contribution in [2.24, 2.45) is 0 Å². The number of carbonyl (C=O) groups excluding carboxylic acids is 1. The van der Waals surface area contributed by atoms with E-state index in [0.717, 1.165) is 44.5 Å². The lowest BCUT2D eigenvalue weighted by atomic mass is 10.1. The van der Waals surface area contributed by atoms with Gasteiger partial charge in [-0.2, -0.15) is 5.10 Å². The van der Waals surface area contributed by atoms with Gasteiger partial charge < -0.3 is 4.90 Å². The highest BCUT2D eigenvalue weighted by Crippen LogP contribution is 2.34. The van der Waals surface area contributed by atoms with Crippen LogP contribution in [0.4, 0.5) is 0 Å². The summed E-state index contributed by atoms with van der Waals surface area (Å²) in [7, 11) is 0. The number of hydrogen-bond acceptors (Lipinski definition) is 5. The second-order valence-corrected chi connectivity index (χ2v) is 9.52. The Balaban J connectivity index is 1.62. The number of benzene rings is 1. The molecule has 170 valence electrons. The molecular weight excluding hydrogens is 446 g/mol. The molecule has 0 fully saturated rings. The van der Waals surface area contributed by atoms with Crippen molar-refractivity contribution in [3.05, 3.63) is 45.8 Å². The van der Waals surface area contributed by atoms with E-state index in [-0.39, 0.29) is 17.5 Å². The second-order valence-electron chi connectivity index (χ2n) is 8.10. The zero-order valence-corrected chi connectivity index (χ0v) is 20.0. The van der Waals surface area contributed by atoms with E-state index >= 15 is 0 Å². The number of fused-ring (bicyclic) bond motifs is 2. The lowest BCUT2D eigenvalue weighted by Crippen LogP contribution is -2.36. The fraction of sp³-hybridized carbons (Fsp3) is 0.478. The zero-order chi connectivity index (χ0) is 22.7. The van der Waals surface area contributed by atoms with Crippen molar-refractivity contribution in [2.75, 3.05) is 18.8 Å². The molecule has 0 bridgehead atoms. The molecule has 0 spiro atoms. The smallest absolute Gasteiger partial charge is 0.265 e. The van der Waals surface area contributed by atoms with Gasteiger partial charge in [0.1, 0.15) is 5.39 Å². The maximum absolute atomic E-state index is 13.3. The molecule has 0 N–H and O–H groups in total. The molecule has 1 unspecified atom stereocenters. The molecule has 1 aliphatic rings. The van der Waals surface area contributed by atoms with Crippen LogP contribution in [0, 0.1) is 0 Å². The Morgan fingerprint density at radius 3 is 2.69 bits per heavy atom. The first kappa shape index (κ1) is 22.9. The summed E-state index contributed by atoms with van der Waals surface area (Å²) < 4.78 is 3.33. The molecule has 1 amide bonds. The summed E-state index contributed by atoms with van der Waals surface area (Å²) in [6, 6.07) is 7.10. The molecule has 3 heterocycles. The summed E-state index contributed by atoms with van der Waals surface area (Å²) in [5, 5.41) is 6.06. The van der Waals surface area contributed by atoms with E-state index in [4.69, 9.17) is 16.6 Å². The Kier molecular flexibility index (Phi) is 7.20. The summed E-state index contributed by atoms with van der Waals surface area (Å²) in [6.07, 6.45) is 5.97. The van der Waals surface area contributed by atoms with Crippen molar-refractivity contribution in [2.45, 2.75) is 57.1 Å². The number of amides is 1. The predicted octanol–water partition coefficient (Wildman–Crippen LogP) is 4.70. The normalized spacial score (nSPS) is 15.3. The molecule has 0 saturated carbocycles. The number of halogens is 1. The van der Waals surface area contributed by atoms with E-state index < -0.39 is 0 Å². The molecule has 0 saturated heterocycles. The highest BCUT2D eigenvalue weighted by atomic mass is 35.5. The lowest BCUT2D eigenvalue weighted by Gasteiger charge is -2.24. The van der Waals surface area contributed by atoms with Crippen LogP contribution in [0.5, 0.6) is 0 Å². The summed E-state index contributed by atoms with van der Waals surface area (Å²) in [5.74, 6) is 0.785. The van der Waals surface area contributed by atoms with Crippen molar-refractivity contribution in [3.8, 4) is 5.69 Å². The summed E-state index contributed by atoms with van der Waals surface area (Å²) in [6.45, 7) is 5.82. The monoisotopic (exact) mass is 473 g/mol. The fourth-order valence-corrected chi connectivity index (χ4v) is 5.28. The molecule has 1 atom stereocenters. The Morgan fingerprint density at radius 1 is 1.25 bits per heavy atom. The maximum atomic E-state index is 13.3. The number of hydrogen-bond donors (Lipinski definition) is 0. The number of unbranched alkanes of at least 4 members (excludes halogenated alkanes) is 2. The van der Waals surface area contributed by atoms with Gasteiger partial charge in [-0.05, 0) is 31.0 Å². The average molecular weight is 474 g/mol. The van der Waals surface area contributed by atoms with Gasteiger partial charge in [0.25, 0.3) is 5.56 Å². The molecule has 0 aliphatic carbocycles. The van der Waals surface area contributed by atoms with Gasteiger partial charge in [0.15, 0.2) is 10.8 Å². The number of carbonyl (C=O) groups is 1. The standard InChI is InChI=1S/C23H28ClN5O2S/c1-3-5-10-27(11-6-4-2)20(30)13-18-15-32-23-26-21-19(22(31)28(18)23)14-25-29(21)17-9-7-8-16(24)12-17/h7-9,12,14,18H,3-6,10-11,13,15H2,1-2H3. The van der Waals surface area contributed by atoms with Crippen LogP contribution in [0.2, 0.25) is 5.02 Å². The predicted molar refractivity (Wildman–Crippen MR) is 129 cm³/mol. The van der Waals surface area contributed by atoms with Gasteiger partial charge >= 0.3 is 0 Å². The SMILES string of the molecule is CCCCN(CCCC)C(=O)CC1CSc2nc3c(cnn3-c3cccc(Cl)c3)c(=O)n21. The number of nitrogens with zero attached hydrogens (tertiary/aromatic N) is 5. The van der Waals surface area contributed by atoms with Crippen LogP contribution >= 0.6 is 23.4 Å². The third kappa shape index (κ3) is 4.57. The molecule has 9 heteroatoms. The Hall–Kier alpha value is -2.32. The first-order chi connectivity index (χ1) is 15.5. The number of rotatable bonds is 9. The van der Waals surface area contributed by atoms with Crippen LogP contribution < -0.4 is 5.56 Å². The van der Waals surface area contributed by atoms with Gasteiger partial charge in [-0.25, -0.2) is 9.67 Å². The first-order valence-corrected chi connectivity index (χ1v) is 12.6. The third-order valence-electron chi connectivity index (χ3n) is 5.75. The van der Waals surface area contributed by atoms with Crippen LogP contribution in [-0.2, 0) is 4.79 Å². The molecular formula is C23H28ClN5O2S. The topological polar surface area (TPSA) is 73.0 Å². The Morgan fingerprint density at radius 2 is 2.00 bits per heavy atom. The van der Waals surface area contributed by atoms with Crippen molar-refractivity contribution in [1.82, 2.24) is 24.2 Å². The van der Waals surface area contributed by atoms with Gasteiger partial charge in [-0.1, -0.05) is 56.1 Å². The Labute approximate surface area is 196 Å². The molecule has 0 radical (unpaired) electrons. The molecule has 2 aromatic heterocycles. The summed E-state index contributed by atoms with van der Waals surface area (Å²) >= 11 is 7.65. The second kappa shape index (κ2) is 10.1. The molecule has 3 aromatic rings. The highest BCUT2D eigenvalue weighted by Gasteiger charge is 2.30. The quantitative estimate of drug-likeness (QED) is 0.421. The minimum atomic E-state index is -0.188. The van der Waals surface area contributed by atoms with Crippen molar-refractivity contribution in [3.63, 3.8) is 0 Å². The number of aromatic nitrogens is 4. The van der Waals surface area contributed by atoms with Gasteiger partial charge in [-0.3, -0.25) is 14.2 Å². The van der Waals surface area contributed by atoms with Crippen molar-refractivity contribution in [1.29, 1.82) is 0 Å². The van der Waals surface area contributed by atoms with Crippen LogP contribution in [0.15, 0.2) is 40.4 Å². The Bertz CT molecular complexity index is 1170. The molecule has 4 rings (SSSR count). The van der Waals surface area contributed by atoms with E-state index in [9.17, 15) is 9.59 Å². The minimum absolute atomic E-state index is 0.118. The third-order valence-corrected chi connectivity index (χ3v) is 7.08. The van der Waals surface area contributed by atoms with Gasteiger partial charge in [0.05, 0.1) is 17.9 Å². The molecule has 1 aromatic carbocycles. The summed E-state index contributed by atoms with van der Waals surface area (Å²) in [5.41, 5.74) is 1.12. The summed E-state index contributed by atoms with van der Waals surface area (Å²) in [4.78, 5) is 33.1. The lowest BCUT2D eigenvalue weighted by molar-refractivity contribution is -0.132. The molecule has 32 heavy (non-hydrogen) atoms. The van der Waals surface area contributed by atoms with Gasteiger partial charge in [0, 0.05) is 30.3 Å². The van der Waals surface area contributed by atoms with E-state index in [0.29, 0.717) is 33.4 Å². The van der Waals surface area contributed by atoms with E-state index in [2.05, 4.69) is 18.9 Å². The fourth-order valence-electron chi connectivity index (χ4n) is 3.97. The average Bonchev–Trinajstić information content (AvgIpc) is 3.39. The van der Waals surface area contributed by atoms with Crippen LogP contribution in [0.25, 0.3) is 16.7 Å². The van der Waals surface area contributed by atoms with Crippen LogP contribution in [-0.4, -0.2) is 49.0 Å². The number of thioether (sulfide) groups is 1. The van der Waals surface area contributed by atoms with Crippen molar-refractivity contribution >= 4 is 40.3 Å². The highest BCUT2D eigenvalue weighted by molar-refractivity contribution is 7.99. The zero-order valence-electron chi connectivity index (χ0n) is 18.5. The molecule has 1 aliphatic heterocycles. The maximum Gasteiger partial charge on any atom is 0.265 e. The largest absolute Gasteiger partial charge is 0.343 e. The van der Waals surface area contributed by atoms with Crippen LogP contribution in [0.1, 0.15) is 52.0 Å². The van der Waals surface area contributed by atoms with E-state index in [1.165, 1.54) is 11.8 Å². The van der Waals surface area contributed by atoms with E-state index in [1.54, 1.807) is 27.6 Å². The van der Waals surface area contributed by atoms with Gasteiger partial charge in [-0.15, -0.1) is 0 Å². The van der Waals surface area contributed by atoms with E-state index in [1.807, 2.05) is 17.0 Å². The minimum Gasteiger partial charge on any atom is -0.343 e.